The molecule has 2 aromatic rings. The first-order valence-electron chi connectivity index (χ1n) is 3.05. The second-order valence-corrected chi connectivity index (χ2v) is 2.44. The first-order chi connectivity index (χ1) is 4.88. The molecule has 0 bridgehead atoms. The zero-order chi connectivity index (χ0) is 6.97. The van der Waals surface area contributed by atoms with E-state index in [4.69, 9.17) is 1.37 Å². The van der Waals surface area contributed by atoms with Crippen molar-refractivity contribution in [1.82, 2.24) is 9.59 Å². The van der Waals surface area contributed by atoms with Crippen molar-refractivity contribution in [3.05, 3.63) is 24.2 Å². The third-order valence-corrected chi connectivity index (χ3v) is 1.77. The van der Waals surface area contributed by atoms with Crippen molar-refractivity contribution in [3.63, 3.8) is 0 Å². The summed E-state index contributed by atoms with van der Waals surface area (Å²) in [6, 6.07) is 5.91. The van der Waals surface area contributed by atoms with E-state index in [-0.39, 0.29) is 0 Å². The van der Waals surface area contributed by atoms with Crippen LogP contribution in [0.3, 0.4) is 0 Å². The maximum atomic E-state index is 7.38. The highest BCUT2D eigenvalue weighted by Crippen LogP contribution is 2.12. The van der Waals surface area contributed by atoms with Crippen LogP contribution in [-0.2, 0) is 0 Å². The monoisotopic (exact) mass is 137 g/mol. The van der Waals surface area contributed by atoms with Crippen molar-refractivity contribution in [1.29, 1.82) is 0 Å². The molecule has 1 aromatic heterocycles. The van der Waals surface area contributed by atoms with Gasteiger partial charge in [0.1, 0.15) is 5.52 Å². The van der Waals surface area contributed by atoms with Crippen LogP contribution in [0.5, 0.6) is 0 Å². The van der Waals surface area contributed by atoms with Crippen molar-refractivity contribution >= 4 is 21.7 Å². The van der Waals surface area contributed by atoms with Crippen LogP contribution in [0, 0.1) is 0 Å². The fraction of sp³-hybridized carbons (Fsp3) is 0. The molecule has 1 heterocycles. The molecule has 0 aliphatic carbocycles. The summed E-state index contributed by atoms with van der Waals surface area (Å²) in [6.07, 6.45) is 0. The molecule has 0 aliphatic heterocycles. The van der Waals surface area contributed by atoms with Crippen LogP contribution in [0.1, 0.15) is 1.37 Å². The quantitative estimate of drug-likeness (QED) is 0.552. The summed E-state index contributed by atoms with van der Waals surface area (Å²) in [6.45, 7) is 0. The van der Waals surface area contributed by atoms with Gasteiger partial charge in [0.05, 0.1) is 6.07 Å². The molecule has 44 valence electrons. The van der Waals surface area contributed by atoms with E-state index in [9.17, 15) is 0 Å². The Bertz CT molecular complexity index is 357. The van der Waals surface area contributed by atoms with Crippen LogP contribution in [0.15, 0.2) is 24.2 Å². The number of benzene rings is 1. The Balaban J connectivity index is 2.95. The van der Waals surface area contributed by atoms with Gasteiger partial charge in [-0.15, -0.1) is 5.10 Å². The van der Waals surface area contributed by atoms with Crippen LogP contribution in [0.25, 0.3) is 10.2 Å². The first-order valence-corrected chi connectivity index (χ1v) is 3.33. The lowest BCUT2D eigenvalue weighted by Gasteiger charge is -1.78. The summed E-state index contributed by atoms with van der Waals surface area (Å²) in [5, 5.41) is 3.80. The topological polar surface area (TPSA) is 25.8 Å². The lowest BCUT2D eigenvalue weighted by molar-refractivity contribution is 1.20. The van der Waals surface area contributed by atoms with Gasteiger partial charge >= 0.3 is 0 Å². The predicted octanol–water partition coefficient (Wildman–Crippen LogP) is 1.69. The summed E-state index contributed by atoms with van der Waals surface area (Å²) in [5.74, 6) is 0. The van der Waals surface area contributed by atoms with Gasteiger partial charge in [-0.05, 0) is 23.6 Å². The molecule has 3 heteroatoms. The number of fused-ring (bicyclic) bond motifs is 1. The molecule has 2 rings (SSSR count). The number of hydrogen-bond donors (Lipinski definition) is 0. The Morgan fingerprint density at radius 3 is 3.44 bits per heavy atom. The highest BCUT2D eigenvalue weighted by Gasteiger charge is 1.91. The summed E-state index contributed by atoms with van der Waals surface area (Å²) >= 11 is 1.32. The standard InChI is InChI=1S/C6H4N2S/c1-2-4-6-5(3-1)7-8-9-6/h1-4H/i3D. The lowest BCUT2D eigenvalue weighted by Crippen LogP contribution is -1.63. The molecule has 9 heavy (non-hydrogen) atoms. The number of hydrogen-bond acceptors (Lipinski definition) is 3. The lowest BCUT2D eigenvalue weighted by atomic mass is 10.3. The Hall–Kier alpha value is -0.960. The van der Waals surface area contributed by atoms with E-state index in [1.807, 2.05) is 12.1 Å². The van der Waals surface area contributed by atoms with Gasteiger partial charge in [-0.25, -0.2) is 0 Å². The zero-order valence-electron chi connectivity index (χ0n) is 5.53. The SMILES string of the molecule is [2H]c1cccc2snnc12. The molecule has 0 spiro atoms. The average Bonchev–Trinajstić information content (AvgIpc) is 2.36. The third-order valence-electron chi connectivity index (χ3n) is 1.08. The van der Waals surface area contributed by atoms with Gasteiger partial charge in [-0.1, -0.05) is 16.6 Å². The van der Waals surface area contributed by atoms with Crippen LogP contribution < -0.4 is 0 Å². The average molecular weight is 137 g/mol. The molecular formula is C6H4N2S. The maximum Gasteiger partial charge on any atom is 0.105 e. The van der Waals surface area contributed by atoms with Gasteiger partial charge in [0.2, 0.25) is 0 Å². The van der Waals surface area contributed by atoms with E-state index < -0.39 is 0 Å². The molecule has 0 aliphatic rings. The van der Waals surface area contributed by atoms with Crippen molar-refractivity contribution in [3.8, 4) is 0 Å². The van der Waals surface area contributed by atoms with E-state index in [2.05, 4.69) is 9.59 Å². The smallest absolute Gasteiger partial charge is 0.105 e. The molecule has 0 N–H and O–H groups in total. The van der Waals surface area contributed by atoms with Crippen molar-refractivity contribution in [2.45, 2.75) is 0 Å². The van der Waals surface area contributed by atoms with Crippen LogP contribution in [0.2, 0.25) is 0 Å². The van der Waals surface area contributed by atoms with Crippen LogP contribution >= 0.6 is 11.5 Å². The van der Waals surface area contributed by atoms with E-state index in [0.717, 1.165) is 4.70 Å². The van der Waals surface area contributed by atoms with E-state index in [1.165, 1.54) is 11.5 Å². The molecule has 0 atom stereocenters. The van der Waals surface area contributed by atoms with Crippen molar-refractivity contribution < 1.29 is 1.37 Å². The number of nitrogens with zero attached hydrogens (tertiary/aromatic N) is 2. The predicted molar refractivity (Wildman–Crippen MR) is 37.4 cm³/mol. The Kier molecular flexibility index (Phi) is 0.778. The fourth-order valence-electron chi connectivity index (χ4n) is 0.670. The summed E-state index contributed by atoms with van der Waals surface area (Å²) in [7, 11) is 0. The second-order valence-electron chi connectivity index (χ2n) is 1.66. The molecule has 1 aromatic carbocycles. The number of aromatic nitrogens is 2. The number of rotatable bonds is 0. The third kappa shape index (κ3) is 0.695. The minimum Gasteiger partial charge on any atom is -0.138 e. The van der Waals surface area contributed by atoms with E-state index in [1.54, 1.807) is 6.07 Å². The largest absolute Gasteiger partial charge is 0.138 e. The highest BCUT2D eigenvalue weighted by molar-refractivity contribution is 7.12. The summed E-state index contributed by atoms with van der Waals surface area (Å²) in [5.41, 5.74) is 0.701. The normalized spacial score (nSPS) is 11.8. The van der Waals surface area contributed by atoms with Gasteiger partial charge in [-0.2, -0.15) is 0 Å². The van der Waals surface area contributed by atoms with Crippen LogP contribution in [0.4, 0.5) is 0 Å². The zero-order valence-corrected chi connectivity index (χ0v) is 5.35. The van der Waals surface area contributed by atoms with E-state index >= 15 is 0 Å². The molecule has 0 amide bonds. The van der Waals surface area contributed by atoms with Gasteiger partial charge < -0.3 is 0 Å². The molecule has 0 radical (unpaired) electrons. The molecule has 0 saturated carbocycles. The van der Waals surface area contributed by atoms with E-state index in [0.29, 0.717) is 11.6 Å². The minimum atomic E-state index is 0.450. The van der Waals surface area contributed by atoms with Gasteiger partial charge in [0.25, 0.3) is 0 Å². The minimum absolute atomic E-state index is 0.450. The first kappa shape index (κ1) is 3.95. The van der Waals surface area contributed by atoms with Gasteiger partial charge in [-0.3, -0.25) is 0 Å². The van der Waals surface area contributed by atoms with Crippen molar-refractivity contribution in [2.75, 3.05) is 0 Å². The van der Waals surface area contributed by atoms with Crippen molar-refractivity contribution in [2.24, 2.45) is 0 Å². The molecule has 0 fully saturated rings. The molecule has 0 unspecified atom stereocenters. The Morgan fingerprint density at radius 2 is 2.56 bits per heavy atom. The second kappa shape index (κ2) is 1.77. The Labute approximate surface area is 57.7 Å². The molecule has 2 nitrogen and oxygen atoms in total. The van der Waals surface area contributed by atoms with Gasteiger partial charge in [0.15, 0.2) is 0 Å². The molecular weight excluding hydrogens is 132 g/mol. The maximum absolute atomic E-state index is 7.38. The highest BCUT2D eigenvalue weighted by atomic mass is 32.1. The fourth-order valence-corrected chi connectivity index (χ4v) is 1.21. The van der Waals surface area contributed by atoms with Gasteiger partial charge in [0, 0.05) is 0 Å². The Morgan fingerprint density at radius 1 is 1.56 bits per heavy atom. The molecule has 0 saturated heterocycles. The summed E-state index contributed by atoms with van der Waals surface area (Å²) in [4.78, 5) is 0. The van der Waals surface area contributed by atoms with Crippen LogP contribution in [-0.4, -0.2) is 9.59 Å². The summed E-state index contributed by atoms with van der Waals surface area (Å²) < 4.78 is 12.1.